The van der Waals surface area contributed by atoms with Gasteiger partial charge in [-0.2, -0.15) is 0 Å². The zero-order valence-corrected chi connectivity index (χ0v) is 12.6. The predicted octanol–water partition coefficient (Wildman–Crippen LogP) is 1.74. The van der Waals surface area contributed by atoms with Crippen molar-refractivity contribution in [1.29, 1.82) is 0 Å². The highest BCUT2D eigenvalue weighted by molar-refractivity contribution is 5.97. The maximum Gasteiger partial charge on any atom is 0.255 e. The van der Waals surface area contributed by atoms with Gasteiger partial charge in [0, 0.05) is 18.2 Å². The fourth-order valence-electron chi connectivity index (χ4n) is 2.15. The maximum absolute atomic E-state index is 12.1. The first-order valence-electron chi connectivity index (χ1n) is 6.37. The van der Waals surface area contributed by atoms with Crippen LogP contribution in [0.25, 0.3) is 0 Å². The monoisotopic (exact) mass is 300 g/mol. The lowest BCUT2D eigenvalue weighted by molar-refractivity contribution is 0.0926. The minimum absolute atomic E-state index is 0. The third-order valence-corrected chi connectivity index (χ3v) is 3.60. The molecule has 1 aromatic rings. The van der Waals surface area contributed by atoms with Gasteiger partial charge in [0.2, 0.25) is 0 Å². The number of nitrogens with one attached hydrogen (secondary N) is 1. The first-order valence-corrected chi connectivity index (χ1v) is 6.37. The van der Waals surface area contributed by atoms with Crippen molar-refractivity contribution in [2.75, 3.05) is 20.8 Å². The van der Waals surface area contributed by atoms with Gasteiger partial charge >= 0.3 is 0 Å². The fourth-order valence-corrected chi connectivity index (χ4v) is 2.15. The number of halogens is 1. The summed E-state index contributed by atoms with van der Waals surface area (Å²) < 4.78 is 10.3. The van der Waals surface area contributed by atoms with E-state index in [-0.39, 0.29) is 23.9 Å². The quantitative estimate of drug-likeness (QED) is 0.868. The zero-order valence-electron chi connectivity index (χ0n) is 11.8. The number of amides is 1. The van der Waals surface area contributed by atoms with E-state index >= 15 is 0 Å². The topological polar surface area (TPSA) is 73.6 Å². The zero-order chi connectivity index (χ0) is 13.9. The van der Waals surface area contributed by atoms with Crippen LogP contribution in [0.5, 0.6) is 11.5 Å². The summed E-state index contributed by atoms with van der Waals surface area (Å²) in [6, 6.07) is 5.12. The molecule has 0 unspecified atom stereocenters. The van der Waals surface area contributed by atoms with E-state index in [2.05, 4.69) is 5.32 Å². The Hall–Kier alpha value is -1.46. The predicted molar refractivity (Wildman–Crippen MR) is 79.9 cm³/mol. The van der Waals surface area contributed by atoms with Crippen molar-refractivity contribution in [3.63, 3.8) is 0 Å². The molecule has 0 radical (unpaired) electrons. The van der Waals surface area contributed by atoms with Crippen molar-refractivity contribution in [3.05, 3.63) is 23.8 Å². The molecule has 1 amide bonds. The summed E-state index contributed by atoms with van der Waals surface area (Å²) >= 11 is 0. The van der Waals surface area contributed by atoms with Gasteiger partial charge < -0.3 is 20.5 Å². The average molecular weight is 301 g/mol. The normalized spacial score (nSPS) is 15.6. The first-order chi connectivity index (χ1) is 9.08. The Balaban J connectivity index is 0.00000200. The molecule has 6 heteroatoms. The van der Waals surface area contributed by atoms with Crippen LogP contribution in [0.1, 0.15) is 29.6 Å². The van der Waals surface area contributed by atoms with Crippen LogP contribution in [0.4, 0.5) is 0 Å². The Morgan fingerprint density at radius 1 is 1.35 bits per heavy atom. The van der Waals surface area contributed by atoms with Gasteiger partial charge in [-0.25, -0.2) is 0 Å². The van der Waals surface area contributed by atoms with Crippen molar-refractivity contribution < 1.29 is 14.3 Å². The molecule has 0 heterocycles. The van der Waals surface area contributed by atoms with E-state index in [1.807, 2.05) is 0 Å². The summed E-state index contributed by atoms with van der Waals surface area (Å²) in [5.41, 5.74) is 6.34. The van der Waals surface area contributed by atoms with E-state index in [4.69, 9.17) is 15.2 Å². The van der Waals surface area contributed by atoms with Crippen molar-refractivity contribution in [2.24, 2.45) is 5.73 Å². The van der Waals surface area contributed by atoms with Crippen LogP contribution < -0.4 is 20.5 Å². The third kappa shape index (κ3) is 3.55. The number of benzene rings is 1. The van der Waals surface area contributed by atoms with Crippen LogP contribution in [0.2, 0.25) is 0 Å². The number of methoxy groups -OCH3 is 2. The molecule has 1 aromatic carbocycles. The van der Waals surface area contributed by atoms with Crippen molar-refractivity contribution in [3.8, 4) is 11.5 Å². The Morgan fingerprint density at radius 2 is 2.05 bits per heavy atom. The van der Waals surface area contributed by atoms with Crippen LogP contribution in [-0.4, -0.2) is 32.2 Å². The molecular formula is C14H21ClN2O3. The minimum Gasteiger partial charge on any atom is -0.497 e. The van der Waals surface area contributed by atoms with Crippen LogP contribution in [-0.2, 0) is 0 Å². The minimum atomic E-state index is -0.227. The maximum atomic E-state index is 12.1. The smallest absolute Gasteiger partial charge is 0.255 e. The molecule has 0 saturated heterocycles. The lowest BCUT2D eigenvalue weighted by atomic mass is 9.78. The van der Waals surface area contributed by atoms with Crippen LogP contribution in [0, 0.1) is 0 Å². The van der Waals surface area contributed by atoms with Crippen molar-refractivity contribution in [1.82, 2.24) is 5.32 Å². The van der Waals surface area contributed by atoms with E-state index in [9.17, 15) is 4.79 Å². The summed E-state index contributed by atoms with van der Waals surface area (Å²) in [6.45, 7) is 0.501. The second-order valence-corrected chi connectivity index (χ2v) is 4.96. The number of hydrogen-bond donors (Lipinski definition) is 2. The van der Waals surface area contributed by atoms with Gasteiger partial charge in [-0.05, 0) is 31.4 Å². The summed E-state index contributed by atoms with van der Waals surface area (Å²) in [5, 5.41) is 2.87. The molecule has 0 aromatic heterocycles. The molecule has 0 bridgehead atoms. The molecule has 1 aliphatic carbocycles. The SMILES string of the molecule is COc1ccc(C(=O)NCC2(N)CCC2)c(OC)c1.Cl. The molecule has 0 aliphatic heterocycles. The molecule has 1 fully saturated rings. The van der Waals surface area contributed by atoms with Gasteiger partial charge in [0.25, 0.3) is 5.91 Å². The number of rotatable bonds is 5. The Kier molecular flexibility index (Phi) is 5.65. The van der Waals surface area contributed by atoms with Crippen LogP contribution in [0.15, 0.2) is 18.2 Å². The highest BCUT2D eigenvalue weighted by atomic mass is 35.5. The van der Waals surface area contributed by atoms with E-state index in [1.165, 1.54) is 7.11 Å². The third-order valence-electron chi connectivity index (χ3n) is 3.60. The molecule has 112 valence electrons. The number of nitrogens with two attached hydrogens (primary N) is 1. The molecule has 3 N–H and O–H groups in total. The number of carbonyl (C=O) groups is 1. The van der Waals surface area contributed by atoms with E-state index in [1.54, 1.807) is 25.3 Å². The fraction of sp³-hybridized carbons (Fsp3) is 0.500. The van der Waals surface area contributed by atoms with Crippen LogP contribution in [0.3, 0.4) is 0 Å². The molecule has 0 atom stereocenters. The number of ether oxygens (including phenoxy) is 2. The molecule has 2 rings (SSSR count). The molecule has 1 aliphatic rings. The largest absolute Gasteiger partial charge is 0.497 e. The Labute approximate surface area is 125 Å². The second-order valence-electron chi connectivity index (χ2n) is 4.96. The van der Waals surface area contributed by atoms with Gasteiger partial charge in [0.15, 0.2) is 0 Å². The molecule has 1 saturated carbocycles. The summed E-state index contributed by atoms with van der Waals surface area (Å²) in [6.07, 6.45) is 3.07. The van der Waals surface area contributed by atoms with Crippen LogP contribution >= 0.6 is 12.4 Å². The van der Waals surface area contributed by atoms with Crippen molar-refractivity contribution in [2.45, 2.75) is 24.8 Å². The molecule has 0 spiro atoms. The summed E-state index contributed by atoms with van der Waals surface area (Å²) in [5.74, 6) is 0.982. The van der Waals surface area contributed by atoms with E-state index < -0.39 is 0 Å². The standard InChI is InChI=1S/C14H20N2O3.ClH/c1-18-10-4-5-11(12(8-10)19-2)13(17)16-9-14(15)6-3-7-14;/h4-5,8H,3,6-7,9,15H2,1-2H3,(H,16,17);1H. The van der Waals surface area contributed by atoms with Gasteiger partial charge in [-0.1, -0.05) is 0 Å². The van der Waals surface area contributed by atoms with Gasteiger partial charge in [-0.3, -0.25) is 4.79 Å². The van der Waals surface area contributed by atoms with Gasteiger partial charge in [-0.15, -0.1) is 12.4 Å². The Bertz CT molecular complexity index is 475. The second kappa shape index (κ2) is 6.81. The van der Waals surface area contributed by atoms with Crippen molar-refractivity contribution >= 4 is 18.3 Å². The van der Waals surface area contributed by atoms with Gasteiger partial charge in [0.05, 0.1) is 19.8 Å². The average Bonchev–Trinajstić information content (AvgIpc) is 2.41. The van der Waals surface area contributed by atoms with E-state index in [0.717, 1.165) is 19.3 Å². The Morgan fingerprint density at radius 3 is 2.55 bits per heavy atom. The molecule has 20 heavy (non-hydrogen) atoms. The summed E-state index contributed by atoms with van der Waals surface area (Å²) in [7, 11) is 3.10. The number of carbonyl (C=O) groups excluding carboxylic acids is 1. The number of hydrogen-bond acceptors (Lipinski definition) is 4. The van der Waals surface area contributed by atoms with Gasteiger partial charge in [0.1, 0.15) is 11.5 Å². The lowest BCUT2D eigenvalue weighted by Gasteiger charge is -2.38. The molecular weight excluding hydrogens is 280 g/mol. The molecule has 5 nitrogen and oxygen atoms in total. The lowest BCUT2D eigenvalue weighted by Crippen LogP contribution is -2.54. The highest BCUT2D eigenvalue weighted by Crippen LogP contribution is 2.29. The highest BCUT2D eigenvalue weighted by Gasteiger charge is 2.32. The summed E-state index contributed by atoms with van der Waals surface area (Å²) in [4.78, 5) is 12.1. The van der Waals surface area contributed by atoms with E-state index in [0.29, 0.717) is 23.6 Å². The first kappa shape index (κ1) is 16.6.